The number of amides is 2. The second kappa shape index (κ2) is 14.8. The minimum absolute atomic E-state index is 0.000644. The van der Waals surface area contributed by atoms with Crippen molar-refractivity contribution in [3.8, 4) is 0 Å². The van der Waals surface area contributed by atoms with Crippen molar-refractivity contribution >= 4 is 64.7 Å². The standard InChI is InChI=1S/C26H31Cl2N3O9/c1-14(2)23(30-20(34)9-4-5-10-32)18-12-26(3,40-31-18)25(38)29-17(11-21(35)36)19(33)13-39-24(37)22-15(27)7-6-8-16(22)28/h6-8,10,14,17,23H,4-5,9,11-13H2,1-3H3,(H,29,38)(H,30,34)(H,35,36)/t17-,23?,26?/m0/s1. The molecular formula is C26H31Cl2N3O9. The van der Waals surface area contributed by atoms with Crippen LogP contribution in [0.25, 0.3) is 0 Å². The SMILES string of the molecule is CC(C)C(NC(=O)CCCC=O)C1=NOC(C)(C(=O)N[C@@H](CC(=O)O)C(=O)COC(=O)c2c(Cl)cccc2Cl)C1. The molecule has 0 aliphatic carbocycles. The Balaban J connectivity index is 2.06. The highest BCUT2D eigenvalue weighted by Gasteiger charge is 2.45. The molecule has 0 aromatic heterocycles. The molecule has 2 rings (SSSR count). The number of carbonyl (C=O) groups is 6. The first kappa shape index (κ1) is 32.7. The number of carboxylic acid groups (broad SMARTS) is 1. The van der Waals surface area contributed by atoms with E-state index < -0.39 is 54.3 Å². The molecule has 0 saturated heterocycles. The van der Waals surface area contributed by atoms with E-state index in [1.165, 1.54) is 25.1 Å². The molecule has 1 aromatic carbocycles. The Labute approximate surface area is 240 Å². The van der Waals surface area contributed by atoms with Crippen LogP contribution in [-0.2, 0) is 33.5 Å². The summed E-state index contributed by atoms with van der Waals surface area (Å²) < 4.78 is 4.98. The molecule has 2 amide bonds. The Bertz CT molecular complexity index is 1170. The van der Waals surface area contributed by atoms with Crippen molar-refractivity contribution in [1.82, 2.24) is 10.6 Å². The van der Waals surface area contributed by atoms with Crippen LogP contribution in [0.3, 0.4) is 0 Å². The number of benzene rings is 1. The molecule has 1 heterocycles. The van der Waals surface area contributed by atoms with E-state index in [2.05, 4.69) is 15.8 Å². The highest BCUT2D eigenvalue weighted by atomic mass is 35.5. The molecule has 2 unspecified atom stereocenters. The number of ether oxygens (including phenoxy) is 1. The van der Waals surface area contributed by atoms with Gasteiger partial charge in [0.15, 0.2) is 12.4 Å². The Morgan fingerprint density at radius 2 is 1.82 bits per heavy atom. The lowest BCUT2D eigenvalue weighted by Gasteiger charge is -2.25. The molecule has 0 spiro atoms. The van der Waals surface area contributed by atoms with E-state index in [4.69, 9.17) is 32.8 Å². The Morgan fingerprint density at radius 3 is 2.40 bits per heavy atom. The normalized spacial score (nSPS) is 17.7. The van der Waals surface area contributed by atoms with Gasteiger partial charge in [-0.3, -0.25) is 19.2 Å². The summed E-state index contributed by atoms with van der Waals surface area (Å²) >= 11 is 11.9. The zero-order valence-corrected chi connectivity index (χ0v) is 23.7. The van der Waals surface area contributed by atoms with Gasteiger partial charge < -0.3 is 30.1 Å². The smallest absolute Gasteiger partial charge is 0.341 e. The van der Waals surface area contributed by atoms with Crippen LogP contribution in [-0.4, -0.2) is 70.9 Å². The summed E-state index contributed by atoms with van der Waals surface area (Å²) in [5.41, 5.74) is -1.39. The lowest BCUT2D eigenvalue weighted by molar-refractivity contribution is -0.146. The van der Waals surface area contributed by atoms with Crippen LogP contribution in [0.4, 0.5) is 0 Å². The minimum atomic E-state index is -1.61. The number of carboxylic acids is 1. The maximum Gasteiger partial charge on any atom is 0.341 e. The van der Waals surface area contributed by atoms with E-state index in [-0.39, 0.29) is 46.7 Å². The lowest BCUT2D eigenvalue weighted by Crippen LogP contribution is -2.53. The second-order valence-electron chi connectivity index (χ2n) is 9.69. The third-order valence-electron chi connectivity index (χ3n) is 6.02. The quantitative estimate of drug-likeness (QED) is 0.155. The first-order valence-corrected chi connectivity index (χ1v) is 13.2. The minimum Gasteiger partial charge on any atom is -0.481 e. The Morgan fingerprint density at radius 1 is 1.18 bits per heavy atom. The van der Waals surface area contributed by atoms with E-state index in [9.17, 15) is 33.9 Å². The summed E-state index contributed by atoms with van der Waals surface area (Å²) in [6.07, 6.45) is 0.676. The molecule has 14 heteroatoms. The van der Waals surface area contributed by atoms with Crippen molar-refractivity contribution in [3.63, 3.8) is 0 Å². The van der Waals surface area contributed by atoms with Gasteiger partial charge in [0.1, 0.15) is 12.3 Å². The van der Waals surface area contributed by atoms with Crippen LogP contribution in [0.2, 0.25) is 10.0 Å². The van der Waals surface area contributed by atoms with Gasteiger partial charge in [-0.15, -0.1) is 0 Å². The molecule has 0 radical (unpaired) electrons. The van der Waals surface area contributed by atoms with Crippen LogP contribution in [0.15, 0.2) is 23.4 Å². The third-order valence-corrected chi connectivity index (χ3v) is 6.65. The van der Waals surface area contributed by atoms with Crippen LogP contribution >= 0.6 is 23.2 Å². The fourth-order valence-corrected chi connectivity index (χ4v) is 4.37. The average Bonchev–Trinajstić information content (AvgIpc) is 3.28. The highest BCUT2D eigenvalue weighted by molar-refractivity contribution is 6.39. The van der Waals surface area contributed by atoms with Gasteiger partial charge in [0.2, 0.25) is 11.5 Å². The van der Waals surface area contributed by atoms with Crippen LogP contribution in [0.5, 0.6) is 0 Å². The van der Waals surface area contributed by atoms with E-state index in [0.29, 0.717) is 12.1 Å². The largest absolute Gasteiger partial charge is 0.481 e. The number of oxime groups is 1. The summed E-state index contributed by atoms with van der Waals surface area (Å²) in [6, 6.07) is 2.20. The van der Waals surface area contributed by atoms with E-state index in [1.54, 1.807) is 0 Å². The van der Waals surface area contributed by atoms with E-state index >= 15 is 0 Å². The average molecular weight is 600 g/mol. The van der Waals surface area contributed by atoms with E-state index in [1.807, 2.05) is 13.8 Å². The summed E-state index contributed by atoms with van der Waals surface area (Å²) in [7, 11) is 0. The summed E-state index contributed by atoms with van der Waals surface area (Å²) in [5, 5.41) is 18.5. The Kier molecular flexibility index (Phi) is 12.1. The number of aliphatic carboxylic acids is 1. The monoisotopic (exact) mass is 599 g/mol. The number of halogens is 2. The number of hydrogen-bond donors (Lipinski definition) is 3. The maximum absolute atomic E-state index is 13.1. The van der Waals surface area contributed by atoms with Gasteiger partial charge in [-0.2, -0.15) is 0 Å². The number of hydrogen-bond acceptors (Lipinski definition) is 9. The molecule has 1 aromatic rings. The predicted octanol–water partition coefficient (Wildman–Crippen LogP) is 2.72. The van der Waals surface area contributed by atoms with Gasteiger partial charge in [0, 0.05) is 19.3 Å². The number of nitrogens with one attached hydrogen (secondary N) is 2. The molecular weight excluding hydrogens is 569 g/mol. The Hall–Kier alpha value is -3.51. The van der Waals surface area contributed by atoms with Crippen molar-refractivity contribution < 1.29 is 43.4 Å². The highest BCUT2D eigenvalue weighted by Crippen LogP contribution is 2.28. The molecule has 40 heavy (non-hydrogen) atoms. The second-order valence-corrected chi connectivity index (χ2v) is 10.5. The zero-order chi connectivity index (χ0) is 30.0. The lowest BCUT2D eigenvalue weighted by atomic mass is 9.90. The van der Waals surface area contributed by atoms with E-state index in [0.717, 1.165) is 6.29 Å². The number of Topliss-reactive ketones (excluding diaryl/α,β-unsaturated/α-hetero) is 1. The van der Waals surface area contributed by atoms with Crippen molar-refractivity contribution in [2.45, 2.75) is 70.6 Å². The topological polar surface area (TPSA) is 178 Å². The number of ketones is 1. The first-order valence-electron chi connectivity index (χ1n) is 12.4. The van der Waals surface area contributed by atoms with Crippen LogP contribution in [0, 0.1) is 5.92 Å². The number of nitrogens with zero attached hydrogens (tertiary/aromatic N) is 1. The van der Waals surface area contributed by atoms with Crippen molar-refractivity contribution in [2.24, 2.45) is 11.1 Å². The molecule has 0 saturated carbocycles. The number of aldehydes is 1. The molecule has 0 bridgehead atoms. The molecule has 12 nitrogen and oxygen atoms in total. The summed E-state index contributed by atoms with van der Waals surface area (Å²) in [6.45, 7) is 4.23. The van der Waals surface area contributed by atoms with Crippen molar-refractivity contribution in [3.05, 3.63) is 33.8 Å². The number of carbonyl (C=O) groups excluding carboxylic acids is 5. The fraction of sp³-hybridized carbons (Fsp3) is 0.500. The molecule has 3 atom stereocenters. The van der Waals surface area contributed by atoms with Gasteiger partial charge in [0.05, 0.1) is 33.8 Å². The van der Waals surface area contributed by atoms with Crippen molar-refractivity contribution in [2.75, 3.05) is 6.61 Å². The summed E-state index contributed by atoms with van der Waals surface area (Å²) in [5.74, 6) is -4.51. The molecule has 0 fully saturated rings. The first-order chi connectivity index (χ1) is 18.8. The maximum atomic E-state index is 13.1. The molecule has 1 aliphatic heterocycles. The van der Waals surface area contributed by atoms with Gasteiger partial charge in [-0.1, -0.05) is 48.3 Å². The summed E-state index contributed by atoms with van der Waals surface area (Å²) in [4.78, 5) is 77.9. The van der Waals surface area contributed by atoms with Gasteiger partial charge >= 0.3 is 11.9 Å². The van der Waals surface area contributed by atoms with Crippen LogP contribution < -0.4 is 10.6 Å². The molecule has 1 aliphatic rings. The van der Waals surface area contributed by atoms with Gasteiger partial charge in [-0.05, 0) is 31.4 Å². The van der Waals surface area contributed by atoms with Gasteiger partial charge in [0.25, 0.3) is 5.91 Å². The zero-order valence-electron chi connectivity index (χ0n) is 22.2. The number of rotatable bonds is 15. The predicted molar refractivity (Wildman–Crippen MR) is 144 cm³/mol. The molecule has 218 valence electrons. The van der Waals surface area contributed by atoms with Crippen molar-refractivity contribution in [1.29, 1.82) is 0 Å². The van der Waals surface area contributed by atoms with Crippen LogP contribution in [0.1, 0.15) is 63.2 Å². The third kappa shape index (κ3) is 9.02. The molecule has 3 N–H and O–H groups in total. The number of esters is 1. The van der Waals surface area contributed by atoms with Gasteiger partial charge in [-0.25, -0.2) is 4.79 Å². The fourth-order valence-electron chi connectivity index (χ4n) is 3.82. The number of unbranched alkanes of at least 4 members (excludes halogenated alkanes) is 1.